The fourth-order valence-corrected chi connectivity index (χ4v) is 3.99. The van der Waals surface area contributed by atoms with Crippen LogP contribution < -0.4 is 0 Å². The van der Waals surface area contributed by atoms with Crippen molar-refractivity contribution in [1.82, 2.24) is 5.16 Å². The van der Waals surface area contributed by atoms with Gasteiger partial charge in [0.2, 0.25) is 0 Å². The Hall–Kier alpha value is -4.19. The third-order valence-corrected chi connectivity index (χ3v) is 5.65. The molecule has 6 nitrogen and oxygen atoms in total. The molecular weight excluding hydrogens is 406 g/mol. The maximum atomic E-state index is 12.9. The molecule has 0 fully saturated rings. The first-order chi connectivity index (χ1) is 15.7. The lowest BCUT2D eigenvalue weighted by molar-refractivity contribution is -0.133. The molecule has 0 spiro atoms. The number of esters is 1. The third kappa shape index (κ3) is 3.46. The molecule has 158 valence electrons. The number of nitrogens with zero attached hydrogens (tertiary/aromatic N) is 1. The zero-order chi connectivity index (χ0) is 22.1. The molecular formula is C26H19NO5. The molecule has 5 rings (SSSR count). The van der Waals surface area contributed by atoms with Crippen LogP contribution >= 0.6 is 0 Å². The molecule has 0 aliphatic carbocycles. The van der Waals surface area contributed by atoms with Gasteiger partial charge in [-0.2, -0.15) is 0 Å². The lowest BCUT2D eigenvalue weighted by Crippen LogP contribution is -2.07. The fourth-order valence-electron chi connectivity index (χ4n) is 3.99. The van der Waals surface area contributed by atoms with Gasteiger partial charge in [-0.1, -0.05) is 59.8 Å². The number of fused-ring (bicyclic) bond motifs is 3. The summed E-state index contributed by atoms with van der Waals surface area (Å²) in [6, 6.07) is 23.4. The Kier molecular flexibility index (Phi) is 5.03. The summed E-state index contributed by atoms with van der Waals surface area (Å²) < 4.78 is 16.0. The van der Waals surface area contributed by atoms with Gasteiger partial charge in [0.05, 0.1) is 5.39 Å². The molecule has 1 aromatic heterocycles. The topological polar surface area (TPSA) is 78.6 Å². The fraction of sp³-hybridized carbons (Fsp3) is 0.115. The summed E-state index contributed by atoms with van der Waals surface area (Å²) in [7, 11) is 0. The van der Waals surface area contributed by atoms with Gasteiger partial charge >= 0.3 is 5.97 Å². The van der Waals surface area contributed by atoms with Crippen LogP contribution in [0.4, 0.5) is 0 Å². The summed E-state index contributed by atoms with van der Waals surface area (Å²) in [5, 5.41) is 8.66. The molecule has 0 N–H and O–H groups in total. The first-order valence-electron chi connectivity index (χ1n) is 10.2. The number of benzene rings is 4. The van der Waals surface area contributed by atoms with Crippen molar-refractivity contribution in [3.8, 4) is 0 Å². The number of aromatic nitrogens is 1. The Morgan fingerprint density at radius 1 is 0.969 bits per heavy atom. The van der Waals surface area contributed by atoms with Crippen molar-refractivity contribution in [2.75, 3.05) is 0 Å². The summed E-state index contributed by atoms with van der Waals surface area (Å²) in [5.41, 5.74) is 2.20. The summed E-state index contributed by atoms with van der Waals surface area (Å²) in [6.07, 6.45) is -0.460. The van der Waals surface area contributed by atoms with E-state index in [4.69, 9.17) is 14.0 Å². The van der Waals surface area contributed by atoms with Gasteiger partial charge in [-0.25, -0.2) is 4.79 Å². The molecule has 6 heteroatoms. The summed E-state index contributed by atoms with van der Waals surface area (Å²) in [6.45, 7) is 2.23. The van der Waals surface area contributed by atoms with Gasteiger partial charge < -0.3 is 14.0 Å². The van der Waals surface area contributed by atoms with Crippen LogP contribution in [0.3, 0.4) is 0 Å². The van der Waals surface area contributed by atoms with E-state index >= 15 is 0 Å². The highest BCUT2D eigenvalue weighted by Gasteiger charge is 2.20. The number of ether oxygens (including phenoxy) is 2. The Labute approximate surface area is 183 Å². The third-order valence-electron chi connectivity index (χ3n) is 5.65. The maximum absolute atomic E-state index is 12.9. The second-order valence-electron chi connectivity index (χ2n) is 7.53. The number of carbonyl (C=O) groups is 2. The number of carbonyl (C=O) groups excluding carboxylic acids is 2. The van der Waals surface area contributed by atoms with Crippen molar-refractivity contribution in [3.05, 3.63) is 89.6 Å². The van der Waals surface area contributed by atoms with E-state index in [0.717, 1.165) is 32.7 Å². The van der Waals surface area contributed by atoms with Crippen molar-refractivity contribution < 1.29 is 23.6 Å². The van der Waals surface area contributed by atoms with Crippen LogP contribution in [0.1, 0.15) is 34.6 Å². The number of rotatable bonds is 6. The van der Waals surface area contributed by atoms with Crippen molar-refractivity contribution in [3.63, 3.8) is 0 Å². The molecule has 0 aliphatic rings. The van der Waals surface area contributed by atoms with E-state index in [1.54, 1.807) is 25.1 Å². The Morgan fingerprint density at radius 3 is 2.34 bits per heavy atom. The minimum Gasteiger partial charge on any atom is -0.460 e. The van der Waals surface area contributed by atoms with Gasteiger partial charge in [0.25, 0.3) is 6.47 Å². The van der Waals surface area contributed by atoms with E-state index in [2.05, 4.69) is 11.2 Å². The van der Waals surface area contributed by atoms with Gasteiger partial charge in [0.1, 0.15) is 12.7 Å². The Bertz CT molecular complexity index is 1420. The van der Waals surface area contributed by atoms with Crippen molar-refractivity contribution in [1.29, 1.82) is 0 Å². The monoisotopic (exact) mass is 425 g/mol. The molecule has 0 bridgehead atoms. The van der Waals surface area contributed by atoms with Crippen LogP contribution in [0.5, 0.6) is 0 Å². The van der Waals surface area contributed by atoms with Crippen LogP contribution in [0.2, 0.25) is 0 Å². The Morgan fingerprint density at radius 2 is 1.66 bits per heavy atom. The minimum atomic E-state index is -0.582. The highest BCUT2D eigenvalue weighted by molar-refractivity contribution is 6.03. The van der Waals surface area contributed by atoms with Crippen molar-refractivity contribution in [2.45, 2.75) is 19.6 Å². The quantitative estimate of drug-likeness (QED) is 0.197. The Balaban J connectivity index is 1.49. The average molecular weight is 425 g/mol. The minimum absolute atomic E-state index is 0.0877. The van der Waals surface area contributed by atoms with E-state index in [1.807, 2.05) is 48.5 Å². The van der Waals surface area contributed by atoms with Crippen LogP contribution in [0.15, 0.2) is 77.3 Å². The first-order valence-corrected chi connectivity index (χ1v) is 10.2. The summed E-state index contributed by atoms with van der Waals surface area (Å²) >= 11 is 0. The normalized spacial score (nSPS) is 12.2. The molecule has 1 unspecified atom stereocenters. The highest BCUT2D eigenvalue weighted by atomic mass is 16.5. The largest absolute Gasteiger partial charge is 0.460 e. The van der Waals surface area contributed by atoms with E-state index in [1.165, 1.54) is 0 Å². The van der Waals surface area contributed by atoms with E-state index < -0.39 is 12.1 Å². The molecule has 0 saturated carbocycles. The molecule has 0 saturated heterocycles. The van der Waals surface area contributed by atoms with Gasteiger partial charge in [-0.3, -0.25) is 4.79 Å². The second-order valence-corrected chi connectivity index (χ2v) is 7.53. The number of hydrogen-bond donors (Lipinski definition) is 0. The summed E-state index contributed by atoms with van der Waals surface area (Å²) in [5.74, 6) is -0.582. The number of hydrogen-bond acceptors (Lipinski definition) is 6. The van der Waals surface area contributed by atoms with Crippen LogP contribution in [-0.4, -0.2) is 17.6 Å². The van der Waals surface area contributed by atoms with Gasteiger partial charge in [0.15, 0.2) is 11.3 Å². The van der Waals surface area contributed by atoms with Crippen LogP contribution in [0.25, 0.3) is 32.5 Å². The van der Waals surface area contributed by atoms with Crippen LogP contribution in [0, 0.1) is 0 Å². The highest BCUT2D eigenvalue weighted by Crippen LogP contribution is 2.30. The van der Waals surface area contributed by atoms with Crippen molar-refractivity contribution >= 4 is 45.0 Å². The van der Waals surface area contributed by atoms with Crippen LogP contribution in [-0.2, 0) is 20.9 Å². The van der Waals surface area contributed by atoms with Gasteiger partial charge in [0, 0.05) is 5.56 Å². The molecule has 0 amide bonds. The lowest BCUT2D eigenvalue weighted by Gasteiger charge is -2.12. The predicted molar refractivity (Wildman–Crippen MR) is 120 cm³/mol. The second kappa shape index (κ2) is 8.15. The molecule has 1 heterocycles. The van der Waals surface area contributed by atoms with Gasteiger partial charge in [-0.15, -0.1) is 0 Å². The zero-order valence-electron chi connectivity index (χ0n) is 17.3. The zero-order valence-corrected chi connectivity index (χ0v) is 17.3. The predicted octanol–water partition coefficient (Wildman–Crippen LogP) is 5.73. The molecule has 5 aromatic rings. The maximum Gasteiger partial charge on any atom is 0.361 e. The first kappa shape index (κ1) is 19.8. The van der Waals surface area contributed by atoms with Gasteiger partial charge in [-0.05, 0) is 52.2 Å². The lowest BCUT2D eigenvalue weighted by atomic mass is 9.97. The van der Waals surface area contributed by atoms with E-state index in [-0.39, 0.29) is 12.3 Å². The molecule has 1 atom stereocenters. The molecule has 4 aromatic carbocycles. The standard InChI is InChI=1S/C26H19NO5/c1-16(31-15-28)17-10-11-24-22(13-17)25(27-32-24)26(29)30-14-23-20-8-4-2-6-18(20)12-19-7-3-5-9-21(19)23/h2-13,15-16H,14H2,1H3. The SMILES string of the molecule is CC(OC=O)c1ccc2onc(C(=O)OCc3c4ccccc4cc4ccccc34)c2c1. The summed E-state index contributed by atoms with van der Waals surface area (Å²) in [4.78, 5) is 23.6. The van der Waals surface area contributed by atoms with Crippen molar-refractivity contribution in [2.24, 2.45) is 0 Å². The van der Waals surface area contributed by atoms with E-state index in [9.17, 15) is 9.59 Å². The van der Waals surface area contributed by atoms with E-state index in [0.29, 0.717) is 17.4 Å². The smallest absolute Gasteiger partial charge is 0.361 e. The average Bonchev–Trinajstić information content (AvgIpc) is 3.25. The molecule has 0 aliphatic heterocycles. The molecule has 0 radical (unpaired) electrons. The molecule has 32 heavy (non-hydrogen) atoms.